The summed E-state index contributed by atoms with van der Waals surface area (Å²) >= 11 is 0. The van der Waals surface area contributed by atoms with Gasteiger partial charge in [0.1, 0.15) is 6.54 Å². The van der Waals surface area contributed by atoms with Crippen molar-refractivity contribution in [1.29, 1.82) is 0 Å². The third kappa shape index (κ3) is 3.08. The van der Waals surface area contributed by atoms with Gasteiger partial charge in [-0.25, -0.2) is 0 Å². The van der Waals surface area contributed by atoms with E-state index in [1.165, 1.54) is 30.3 Å². The highest BCUT2D eigenvalue weighted by Crippen LogP contribution is 2.32. The number of rotatable bonds is 4. The number of nitro groups is 1. The lowest BCUT2D eigenvalue weighted by Gasteiger charge is -2.21. The van der Waals surface area contributed by atoms with Crippen molar-refractivity contribution in [3.8, 4) is 0 Å². The van der Waals surface area contributed by atoms with Crippen molar-refractivity contribution in [2.45, 2.75) is 0 Å². The molecule has 5 rings (SSSR count). The molecule has 0 saturated heterocycles. The number of imide groups is 1. The number of hydrogen-bond acceptors (Lipinski definition) is 7. The number of nitrogens with one attached hydrogen (secondary N) is 1. The van der Waals surface area contributed by atoms with Gasteiger partial charge in [-0.2, -0.15) is 0 Å². The first-order valence-corrected chi connectivity index (χ1v) is 10.0. The van der Waals surface area contributed by atoms with Crippen LogP contribution in [0.1, 0.15) is 52.6 Å². The lowest BCUT2D eigenvalue weighted by atomic mass is 9.83. The highest BCUT2D eigenvalue weighted by Gasteiger charge is 2.38. The van der Waals surface area contributed by atoms with Crippen LogP contribution in [0.3, 0.4) is 0 Å². The molecule has 1 aliphatic carbocycles. The molecule has 1 heterocycles. The second kappa shape index (κ2) is 7.55. The highest BCUT2D eigenvalue weighted by atomic mass is 16.6. The maximum Gasteiger partial charge on any atom is 0.270 e. The van der Waals surface area contributed by atoms with Crippen LogP contribution in [0.25, 0.3) is 0 Å². The Morgan fingerprint density at radius 2 is 1.44 bits per heavy atom. The van der Waals surface area contributed by atoms with Crippen molar-refractivity contribution < 1.29 is 28.9 Å². The van der Waals surface area contributed by atoms with Gasteiger partial charge in [-0.15, -0.1) is 0 Å². The molecule has 1 N–H and O–H groups in total. The Balaban J connectivity index is 1.41. The minimum absolute atomic E-state index is 0.0255. The first kappa shape index (κ1) is 20.9. The van der Waals surface area contributed by atoms with Crippen LogP contribution in [0.15, 0.2) is 60.7 Å². The van der Waals surface area contributed by atoms with Crippen LogP contribution in [0.5, 0.6) is 0 Å². The van der Waals surface area contributed by atoms with Crippen molar-refractivity contribution in [1.82, 2.24) is 4.90 Å². The van der Waals surface area contributed by atoms with Gasteiger partial charge in [0.25, 0.3) is 17.5 Å². The first-order valence-electron chi connectivity index (χ1n) is 10.0. The topological polar surface area (TPSA) is 144 Å². The molecule has 0 atom stereocenters. The van der Waals surface area contributed by atoms with Crippen molar-refractivity contribution in [2.75, 3.05) is 11.9 Å². The Labute approximate surface area is 190 Å². The molecular weight excluding hydrogens is 442 g/mol. The number of nitrogens with zero attached hydrogens (tertiary/aromatic N) is 2. The van der Waals surface area contributed by atoms with E-state index in [1.807, 2.05) is 0 Å². The normalized spacial score (nSPS) is 13.9. The average molecular weight is 455 g/mol. The maximum absolute atomic E-state index is 13.1. The molecule has 0 spiro atoms. The Hall–Kier alpha value is -4.99. The number of hydrogen-bond donors (Lipinski definition) is 1. The second-order valence-corrected chi connectivity index (χ2v) is 7.66. The standard InChI is InChI=1S/C24H13N3O7/c28-19(11-26-23(31)15-9-8-12(27(33)34)10-17(15)24(26)32)25-18-7-3-6-16-20(18)22(30)14-5-2-1-4-13(14)21(16)29/h1-10H,11H2,(H,25,28). The van der Waals surface area contributed by atoms with Gasteiger partial charge in [0, 0.05) is 28.8 Å². The van der Waals surface area contributed by atoms with Crippen molar-refractivity contribution >= 4 is 40.7 Å². The Kier molecular flexibility index (Phi) is 4.64. The van der Waals surface area contributed by atoms with E-state index in [9.17, 15) is 34.1 Å². The van der Waals surface area contributed by atoms with Crippen LogP contribution in [-0.2, 0) is 4.79 Å². The molecule has 0 aromatic heterocycles. The fraction of sp³-hybridized carbons (Fsp3) is 0.0417. The van der Waals surface area contributed by atoms with E-state index in [4.69, 9.17) is 0 Å². The third-order valence-electron chi connectivity index (χ3n) is 5.69. The lowest BCUT2D eigenvalue weighted by molar-refractivity contribution is -0.384. The maximum atomic E-state index is 13.1. The monoisotopic (exact) mass is 455 g/mol. The average Bonchev–Trinajstić information content (AvgIpc) is 3.06. The van der Waals surface area contributed by atoms with Gasteiger partial charge in [-0.05, 0) is 12.1 Å². The minimum Gasteiger partial charge on any atom is -0.324 e. The second-order valence-electron chi connectivity index (χ2n) is 7.66. The van der Waals surface area contributed by atoms with E-state index in [0.717, 1.165) is 12.1 Å². The quantitative estimate of drug-likeness (QED) is 0.283. The summed E-state index contributed by atoms with van der Waals surface area (Å²) in [6.07, 6.45) is 0. The van der Waals surface area contributed by atoms with Crippen LogP contribution in [0.4, 0.5) is 11.4 Å². The van der Waals surface area contributed by atoms with E-state index in [1.54, 1.807) is 18.2 Å². The van der Waals surface area contributed by atoms with Gasteiger partial charge < -0.3 is 5.32 Å². The van der Waals surface area contributed by atoms with Gasteiger partial charge >= 0.3 is 0 Å². The summed E-state index contributed by atoms with van der Waals surface area (Å²) in [6.45, 7) is -0.678. The number of carbonyl (C=O) groups is 5. The van der Waals surface area contributed by atoms with E-state index in [-0.39, 0.29) is 50.5 Å². The third-order valence-corrected chi connectivity index (χ3v) is 5.69. The summed E-state index contributed by atoms with van der Waals surface area (Å²) in [4.78, 5) is 74.8. The summed E-state index contributed by atoms with van der Waals surface area (Å²) in [5.41, 5.74) is 0.145. The zero-order chi connectivity index (χ0) is 24.1. The molecule has 0 bridgehead atoms. The molecular formula is C24H13N3O7. The van der Waals surface area contributed by atoms with Gasteiger partial charge in [0.2, 0.25) is 5.91 Å². The lowest BCUT2D eigenvalue weighted by Crippen LogP contribution is -2.37. The molecule has 10 nitrogen and oxygen atoms in total. The Morgan fingerprint density at radius 1 is 0.794 bits per heavy atom. The zero-order valence-electron chi connectivity index (χ0n) is 17.2. The smallest absolute Gasteiger partial charge is 0.270 e. The van der Waals surface area contributed by atoms with Crippen LogP contribution in [0, 0.1) is 10.1 Å². The number of fused-ring (bicyclic) bond motifs is 3. The van der Waals surface area contributed by atoms with Crippen LogP contribution < -0.4 is 5.32 Å². The summed E-state index contributed by atoms with van der Waals surface area (Å²) < 4.78 is 0. The predicted molar refractivity (Wildman–Crippen MR) is 117 cm³/mol. The van der Waals surface area contributed by atoms with E-state index in [0.29, 0.717) is 4.90 Å². The molecule has 1 aliphatic heterocycles. The number of non-ortho nitro benzene ring substituents is 1. The van der Waals surface area contributed by atoms with Gasteiger partial charge in [-0.1, -0.05) is 36.4 Å². The molecule has 10 heteroatoms. The van der Waals surface area contributed by atoms with E-state index < -0.39 is 35.0 Å². The molecule has 3 aromatic rings. The zero-order valence-corrected chi connectivity index (χ0v) is 17.2. The highest BCUT2D eigenvalue weighted by molar-refractivity contribution is 6.30. The van der Waals surface area contributed by atoms with Gasteiger partial charge in [0.15, 0.2) is 11.6 Å². The van der Waals surface area contributed by atoms with Crippen LogP contribution >= 0.6 is 0 Å². The number of amides is 3. The molecule has 0 unspecified atom stereocenters. The van der Waals surface area contributed by atoms with Crippen molar-refractivity contribution in [2.24, 2.45) is 0 Å². The minimum atomic E-state index is -0.839. The SMILES string of the molecule is O=C(CN1C(=O)c2ccc([N+](=O)[O-])cc2C1=O)Nc1cccc2c1C(=O)c1ccccc1C2=O. The summed E-state index contributed by atoms with van der Waals surface area (Å²) in [6, 6.07) is 14.0. The molecule has 0 saturated carbocycles. The van der Waals surface area contributed by atoms with Crippen LogP contribution in [-0.4, -0.2) is 45.7 Å². The number of nitro benzene ring substituents is 1. The van der Waals surface area contributed by atoms with E-state index in [2.05, 4.69) is 5.32 Å². The largest absolute Gasteiger partial charge is 0.324 e. The fourth-order valence-corrected chi connectivity index (χ4v) is 4.12. The van der Waals surface area contributed by atoms with E-state index >= 15 is 0 Å². The molecule has 34 heavy (non-hydrogen) atoms. The molecule has 0 radical (unpaired) electrons. The molecule has 2 aliphatic rings. The summed E-state index contributed by atoms with van der Waals surface area (Å²) in [7, 11) is 0. The molecule has 0 fully saturated rings. The number of ketones is 2. The van der Waals surface area contributed by atoms with Gasteiger partial charge in [-0.3, -0.25) is 39.0 Å². The number of benzene rings is 3. The number of anilines is 1. The molecule has 166 valence electrons. The first-order chi connectivity index (χ1) is 16.3. The fourth-order valence-electron chi connectivity index (χ4n) is 4.12. The molecule has 3 aromatic carbocycles. The summed E-state index contributed by atoms with van der Waals surface area (Å²) in [5, 5.41) is 13.5. The van der Waals surface area contributed by atoms with Crippen molar-refractivity contribution in [3.63, 3.8) is 0 Å². The molecule has 3 amide bonds. The predicted octanol–water partition coefficient (Wildman–Crippen LogP) is 2.60. The van der Waals surface area contributed by atoms with Gasteiger partial charge in [0.05, 0.1) is 27.3 Å². The number of carbonyl (C=O) groups excluding carboxylic acids is 5. The van der Waals surface area contributed by atoms with Crippen molar-refractivity contribution in [3.05, 3.63) is 104 Å². The summed E-state index contributed by atoms with van der Waals surface area (Å²) in [5.74, 6) is -3.18. The van der Waals surface area contributed by atoms with Crippen LogP contribution in [0.2, 0.25) is 0 Å². The Bertz CT molecular complexity index is 1490. The Morgan fingerprint density at radius 3 is 2.15 bits per heavy atom.